The van der Waals surface area contributed by atoms with Gasteiger partial charge in [-0.25, -0.2) is 9.80 Å². The number of nitrogens with one attached hydrogen (secondary N) is 3. The summed E-state index contributed by atoms with van der Waals surface area (Å²) < 4.78 is 10.4. The van der Waals surface area contributed by atoms with Crippen LogP contribution in [0.4, 0.5) is 4.79 Å². The van der Waals surface area contributed by atoms with E-state index in [1.54, 1.807) is 27.7 Å². The number of carbonyl (C=O) groups excluding carboxylic acids is 4. The Morgan fingerprint density at radius 1 is 1.32 bits per heavy atom. The summed E-state index contributed by atoms with van der Waals surface area (Å²) in [5.41, 5.74) is 1.96. The largest absolute Gasteiger partial charge is 0.442 e. The molecule has 4 aliphatic rings. The van der Waals surface area contributed by atoms with Gasteiger partial charge in [-0.1, -0.05) is 5.16 Å². The standard InChI is InChI=1S/C23H33N5O6/c1-13-7-16(27-34-13)19(30)25-17(11-23-8-14(9-23)10-23)20(31)26-28(21(32)33-22(2,3)4)12-15-5-6-24-18(15)29/h7,14-15,17H,5-6,8-12H2,1-4H3,(H,24,29)(H,25,30)(H,26,31)/t14?,15?,17-,23?/m0/s1. The first kappa shape index (κ1) is 24.0. The van der Waals surface area contributed by atoms with E-state index < -0.39 is 35.5 Å². The van der Waals surface area contributed by atoms with Crippen molar-refractivity contribution in [1.29, 1.82) is 0 Å². The molecule has 186 valence electrons. The highest BCUT2D eigenvalue weighted by atomic mass is 16.6. The number of hydrazine groups is 1. The van der Waals surface area contributed by atoms with E-state index in [1.165, 1.54) is 6.07 Å². The van der Waals surface area contributed by atoms with Crippen LogP contribution in [0.3, 0.4) is 0 Å². The monoisotopic (exact) mass is 475 g/mol. The van der Waals surface area contributed by atoms with Crippen molar-refractivity contribution in [3.8, 4) is 0 Å². The summed E-state index contributed by atoms with van der Waals surface area (Å²) in [5, 5.41) is 10.3. The fourth-order valence-electron chi connectivity index (χ4n) is 4.99. The lowest BCUT2D eigenvalue weighted by Crippen LogP contribution is -2.60. The molecular formula is C23H33N5O6. The Kier molecular flexibility index (Phi) is 6.30. The third-order valence-corrected chi connectivity index (χ3v) is 6.71. The average Bonchev–Trinajstić information content (AvgIpc) is 3.28. The minimum atomic E-state index is -0.881. The van der Waals surface area contributed by atoms with E-state index in [2.05, 4.69) is 21.2 Å². The lowest BCUT2D eigenvalue weighted by molar-refractivity contribution is -0.140. The molecule has 4 fully saturated rings. The van der Waals surface area contributed by atoms with Gasteiger partial charge in [0.05, 0.1) is 12.5 Å². The summed E-state index contributed by atoms with van der Waals surface area (Å²) in [6.07, 6.45) is 3.35. The van der Waals surface area contributed by atoms with E-state index in [9.17, 15) is 19.2 Å². The summed E-state index contributed by atoms with van der Waals surface area (Å²) in [5.74, 6) is -0.516. The molecular weight excluding hydrogens is 442 g/mol. The second-order valence-corrected chi connectivity index (χ2v) is 10.9. The van der Waals surface area contributed by atoms with E-state index in [4.69, 9.17) is 9.26 Å². The highest BCUT2D eigenvalue weighted by Gasteiger charge is 2.57. The van der Waals surface area contributed by atoms with Crippen molar-refractivity contribution < 1.29 is 28.4 Å². The molecule has 5 rings (SSSR count). The summed E-state index contributed by atoms with van der Waals surface area (Å²) in [6, 6.07) is 0.616. The van der Waals surface area contributed by atoms with Crippen LogP contribution in [-0.2, 0) is 14.3 Å². The van der Waals surface area contributed by atoms with Crippen molar-refractivity contribution in [3.63, 3.8) is 0 Å². The van der Waals surface area contributed by atoms with E-state index >= 15 is 0 Å². The van der Waals surface area contributed by atoms with Gasteiger partial charge < -0.3 is 19.9 Å². The van der Waals surface area contributed by atoms with Crippen LogP contribution in [0.2, 0.25) is 0 Å². The molecule has 3 N–H and O–H groups in total. The van der Waals surface area contributed by atoms with Gasteiger partial charge in [0, 0.05) is 12.6 Å². The maximum absolute atomic E-state index is 13.4. The molecule has 1 unspecified atom stereocenters. The number of carbonyl (C=O) groups is 4. The molecule has 1 aromatic heterocycles. The number of amides is 4. The van der Waals surface area contributed by atoms with Crippen LogP contribution < -0.4 is 16.1 Å². The molecule has 2 atom stereocenters. The van der Waals surface area contributed by atoms with Crippen LogP contribution in [0.15, 0.2) is 10.6 Å². The minimum absolute atomic E-state index is 0.0249. The van der Waals surface area contributed by atoms with Crippen LogP contribution >= 0.6 is 0 Å². The average molecular weight is 476 g/mol. The first-order chi connectivity index (χ1) is 15.9. The maximum atomic E-state index is 13.4. The Hall–Kier alpha value is -3.11. The molecule has 11 heteroatoms. The van der Waals surface area contributed by atoms with Crippen LogP contribution in [0.1, 0.15) is 69.1 Å². The SMILES string of the molecule is Cc1cc(C(=O)N[C@@H](CC23CC(C2)C3)C(=O)NN(CC2CCNC2=O)C(=O)OC(C)(C)C)no1. The Morgan fingerprint density at radius 3 is 2.53 bits per heavy atom. The number of aromatic nitrogens is 1. The number of hydrogen-bond acceptors (Lipinski definition) is 7. The Labute approximate surface area is 198 Å². The van der Waals surface area contributed by atoms with Crippen molar-refractivity contribution in [1.82, 2.24) is 26.2 Å². The van der Waals surface area contributed by atoms with E-state index in [0.717, 1.165) is 24.3 Å². The summed E-state index contributed by atoms with van der Waals surface area (Å²) in [6.45, 7) is 7.33. The summed E-state index contributed by atoms with van der Waals surface area (Å²) in [7, 11) is 0. The fraction of sp³-hybridized carbons (Fsp3) is 0.696. The van der Waals surface area contributed by atoms with Crippen LogP contribution in [-0.4, -0.2) is 58.7 Å². The molecule has 0 radical (unpaired) electrons. The van der Waals surface area contributed by atoms with Gasteiger partial charge in [0.1, 0.15) is 17.4 Å². The van der Waals surface area contributed by atoms with Gasteiger partial charge in [-0.3, -0.25) is 19.8 Å². The van der Waals surface area contributed by atoms with Gasteiger partial charge in [-0.15, -0.1) is 0 Å². The van der Waals surface area contributed by atoms with E-state index in [-0.39, 0.29) is 23.6 Å². The number of rotatable bonds is 7. The zero-order chi connectivity index (χ0) is 24.7. The third-order valence-electron chi connectivity index (χ3n) is 6.71. The number of ether oxygens (including phenoxy) is 1. The van der Waals surface area contributed by atoms with E-state index in [0.29, 0.717) is 31.1 Å². The Balaban J connectivity index is 1.48. The molecule has 0 aromatic carbocycles. The molecule has 1 saturated heterocycles. The van der Waals surface area contributed by atoms with Crippen molar-refractivity contribution in [3.05, 3.63) is 17.5 Å². The quantitative estimate of drug-likeness (QED) is 0.509. The minimum Gasteiger partial charge on any atom is -0.442 e. The molecule has 3 aliphatic carbocycles. The van der Waals surface area contributed by atoms with Gasteiger partial charge in [0.15, 0.2) is 5.69 Å². The molecule has 2 bridgehead atoms. The lowest BCUT2D eigenvalue weighted by Gasteiger charge is -2.63. The van der Waals surface area contributed by atoms with Gasteiger partial charge in [-0.05, 0) is 71.1 Å². The molecule has 1 aliphatic heterocycles. The normalized spacial score (nSPS) is 25.9. The molecule has 34 heavy (non-hydrogen) atoms. The second-order valence-electron chi connectivity index (χ2n) is 10.9. The number of nitrogens with zero attached hydrogens (tertiary/aromatic N) is 2. The molecule has 1 aromatic rings. The molecule has 0 spiro atoms. The maximum Gasteiger partial charge on any atom is 0.429 e. The third kappa shape index (κ3) is 5.34. The second kappa shape index (κ2) is 8.92. The summed E-state index contributed by atoms with van der Waals surface area (Å²) in [4.78, 5) is 51.1. The van der Waals surface area contributed by atoms with Crippen LogP contribution in [0.25, 0.3) is 0 Å². The highest BCUT2D eigenvalue weighted by Crippen LogP contribution is 2.66. The molecule has 2 heterocycles. The van der Waals surface area contributed by atoms with Crippen molar-refractivity contribution >= 4 is 23.8 Å². The first-order valence-corrected chi connectivity index (χ1v) is 11.8. The van der Waals surface area contributed by atoms with E-state index in [1.807, 2.05) is 0 Å². The fourth-order valence-corrected chi connectivity index (χ4v) is 4.99. The number of aryl methyl sites for hydroxylation is 1. The molecule has 4 amide bonds. The molecule has 3 saturated carbocycles. The van der Waals surface area contributed by atoms with Crippen molar-refractivity contribution in [2.24, 2.45) is 17.3 Å². The molecule has 11 nitrogen and oxygen atoms in total. The van der Waals surface area contributed by atoms with Crippen LogP contribution in [0, 0.1) is 24.2 Å². The van der Waals surface area contributed by atoms with Gasteiger partial charge in [0.25, 0.3) is 11.8 Å². The first-order valence-electron chi connectivity index (χ1n) is 11.8. The zero-order valence-electron chi connectivity index (χ0n) is 20.1. The summed E-state index contributed by atoms with van der Waals surface area (Å²) >= 11 is 0. The smallest absolute Gasteiger partial charge is 0.429 e. The zero-order valence-corrected chi connectivity index (χ0v) is 20.1. The Morgan fingerprint density at radius 2 is 2.03 bits per heavy atom. The van der Waals surface area contributed by atoms with Crippen molar-refractivity contribution in [2.75, 3.05) is 13.1 Å². The van der Waals surface area contributed by atoms with Crippen LogP contribution in [0.5, 0.6) is 0 Å². The number of hydrogen-bond donors (Lipinski definition) is 3. The van der Waals surface area contributed by atoms with Crippen molar-refractivity contribution in [2.45, 2.75) is 71.4 Å². The van der Waals surface area contributed by atoms with Gasteiger partial charge in [0.2, 0.25) is 5.91 Å². The Bertz CT molecular complexity index is 966. The lowest BCUT2D eigenvalue weighted by atomic mass is 9.43. The van der Waals surface area contributed by atoms with Gasteiger partial charge in [-0.2, -0.15) is 0 Å². The topological polar surface area (TPSA) is 143 Å². The van der Waals surface area contributed by atoms with Gasteiger partial charge >= 0.3 is 6.09 Å². The predicted octanol–water partition coefficient (Wildman–Crippen LogP) is 1.68. The highest BCUT2D eigenvalue weighted by molar-refractivity contribution is 5.96. The predicted molar refractivity (Wildman–Crippen MR) is 119 cm³/mol.